The fourth-order valence-corrected chi connectivity index (χ4v) is 5.17. The molecule has 1 fully saturated rings. The predicted molar refractivity (Wildman–Crippen MR) is 106 cm³/mol. The van der Waals surface area contributed by atoms with Crippen LogP contribution in [0.15, 0.2) is 52.7 Å². The molecule has 0 radical (unpaired) electrons. The summed E-state index contributed by atoms with van der Waals surface area (Å²) in [6, 6.07) is 10.2. The number of anilines is 1. The van der Waals surface area contributed by atoms with Gasteiger partial charge in [0, 0.05) is 29.7 Å². The van der Waals surface area contributed by atoms with E-state index < -0.39 is 10.0 Å². The van der Waals surface area contributed by atoms with Gasteiger partial charge in [0.05, 0.1) is 4.90 Å². The molecule has 0 saturated carbocycles. The first-order valence-corrected chi connectivity index (χ1v) is 10.9. The number of benzene rings is 1. The monoisotopic (exact) mass is 390 g/mol. The number of sulfonamides is 1. The smallest absolute Gasteiger partial charge is 0.248 e. The van der Waals surface area contributed by atoms with Crippen LogP contribution in [-0.2, 0) is 14.8 Å². The van der Waals surface area contributed by atoms with Crippen LogP contribution in [0.25, 0.3) is 6.08 Å². The minimum atomic E-state index is -3.47. The zero-order valence-corrected chi connectivity index (χ0v) is 16.2. The van der Waals surface area contributed by atoms with E-state index >= 15 is 0 Å². The van der Waals surface area contributed by atoms with Gasteiger partial charge in [-0.1, -0.05) is 13.0 Å². The van der Waals surface area contributed by atoms with Gasteiger partial charge in [-0.15, -0.1) is 11.3 Å². The van der Waals surface area contributed by atoms with Crippen molar-refractivity contribution in [3.63, 3.8) is 0 Å². The van der Waals surface area contributed by atoms with Gasteiger partial charge in [0.25, 0.3) is 0 Å². The number of rotatable bonds is 5. The van der Waals surface area contributed by atoms with E-state index in [-0.39, 0.29) is 10.8 Å². The quantitative estimate of drug-likeness (QED) is 0.789. The van der Waals surface area contributed by atoms with Crippen molar-refractivity contribution in [2.45, 2.75) is 24.7 Å². The van der Waals surface area contributed by atoms with Gasteiger partial charge in [0.2, 0.25) is 15.9 Å². The molecule has 1 aliphatic heterocycles. The Morgan fingerprint density at radius 1 is 1.27 bits per heavy atom. The zero-order valence-electron chi connectivity index (χ0n) is 14.6. The Labute approximate surface area is 158 Å². The lowest BCUT2D eigenvalue weighted by molar-refractivity contribution is -0.111. The molecular weight excluding hydrogens is 368 g/mol. The van der Waals surface area contributed by atoms with Gasteiger partial charge >= 0.3 is 0 Å². The third-order valence-corrected chi connectivity index (χ3v) is 7.04. The summed E-state index contributed by atoms with van der Waals surface area (Å²) >= 11 is 1.55. The first-order valence-electron chi connectivity index (χ1n) is 8.58. The molecule has 0 unspecified atom stereocenters. The van der Waals surface area contributed by atoms with E-state index in [1.807, 2.05) is 17.5 Å². The van der Waals surface area contributed by atoms with E-state index in [4.69, 9.17) is 0 Å². The maximum atomic E-state index is 12.7. The van der Waals surface area contributed by atoms with Crippen LogP contribution in [0.5, 0.6) is 0 Å². The maximum absolute atomic E-state index is 12.7. The van der Waals surface area contributed by atoms with Gasteiger partial charge < -0.3 is 5.32 Å². The molecular formula is C19H22N2O3S2. The van der Waals surface area contributed by atoms with E-state index in [9.17, 15) is 13.2 Å². The highest BCUT2D eigenvalue weighted by Gasteiger charge is 2.28. The lowest BCUT2D eigenvalue weighted by Crippen LogP contribution is -2.39. The standard InChI is InChI=1S/C19H22N2O3S2/c1-15-4-2-12-21(14-15)26(23,24)18-9-6-16(7-10-18)20-19(22)11-8-17-5-3-13-25-17/h3,5-11,13,15H,2,4,12,14H2,1H3,(H,20,22)/b11-8+/t15-/m1/s1. The van der Waals surface area contributed by atoms with Crippen LogP contribution in [0, 0.1) is 5.92 Å². The van der Waals surface area contributed by atoms with Crippen LogP contribution in [0.3, 0.4) is 0 Å². The molecule has 3 rings (SSSR count). The summed E-state index contributed by atoms with van der Waals surface area (Å²) in [5.41, 5.74) is 0.566. The van der Waals surface area contributed by atoms with Crippen LogP contribution in [0.4, 0.5) is 5.69 Å². The number of carbonyl (C=O) groups excluding carboxylic acids is 1. The average Bonchev–Trinajstić information content (AvgIpc) is 3.14. The highest BCUT2D eigenvalue weighted by molar-refractivity contribution is 7.89. The van der Waals surface area contributed by atoms with Crippen molar-refractivity contribution < 1.29 is 13.2 Å². The van der Waals surface area contributed by atoms with Crippen molar-refractivity contribution in [1.82, 2.24) is 4.31 Å². The summed E-state index contributed by atoms with van der Waals surface area (Å²) in [4.78, 5) is 13.2. The molecule has 1 amide bonds. The van der Waals surface area contributed by atoms with E-state index in [2.05, 4.69) is 12.2 Å². The molecule has 1 aromatic heterocycles. The summed E-state index contributed by atoms with van der Waals surface area (Å²) < 4.78 is 27.0. The van der Waals surface area contributed by atoms with Crippen LogP contribution in [0.1, 0.15) is 24.6 Å². The molecule has 2 heterocycles. The van der Waals surface area contributed by atoms with Gasteiger partial charge in [-0.3, -0.25) is 4.79 Å². The molecule has 0 spiro atoms. The second kappa shape index (κ2) is 8.16. The Hall–Kier alpha value is -1.96. The molecule has 26 heavy (non-hydrogen) atoms. The van der Waals surface area contributed by atoms with Gasteiger partial charge in [-0.2, -0.15) is 4.31 Å². The molecule has 5 nitrogen and oxygen atoms in total. The molecule has 0 bridgehead atoms. The highest BCUT2D eigenvalue weighted by Crippen LogP contribution is 2.24. The fraction of sp³-hybridized carbons (Fsp3) is 0.316. The maximum Gasteiger partial charge on any atom is 0.248 e. The summed E-state index contributed by atoms with van der Waals surface area (Å²) in [7, 11) is -3.47. The number of amides is 1. The largest absolute Gasteiger partial charge is 0.323 e. The van der Waals surface area contributed by atoms with Gasteiger partial charge in [-0.25, -0.2) is 8.42 Å². The molecule has 7 heteroatoms. The van der Waals surface area contributed by atoms with E-state index in [1.54, 1.807) is 46.0 Å². The summed E-state index contributed by atoms with van der Waals surface area (Å²) in [5.74, 6) is 0.131. The lowest BCUT2D eigenvalue weighted by Gasteiger charge is -2.30. The Balaban J connectivity index is 1.65. The Morgan fingerprint density at radius 3 is 2.69 bits per heavy atom. The zero-order chi connectivity index (χ0) is 18.6. The normalized spacial score (nSPS) is 18.9. The third-order valence-electron chi connectivity index (χ3n) is 4.32. The fourth-order valence-electron chi connectivity index (χ4n) is 2.95. The Bertz CT molecular complexity index is 872. The van der Waals surface area contributed by atoms with Gasteiger partial charge in [0.1, 0.15) is 0 Å². The Morgan fingerprint density at radius 2 is 2.04 bits per heavy atom. The predicted octanol–water partition coefficient (Wildman–Crippen LogP) is 3.82. The highest BCUT2D eigenvalue weighted by atomic mass is 32.2. The SMILES string of the molecule is C[C@@H]1CCCN(S(=O)(=O)c2ccc(NC(=O)/C=C/c3cccs3)cc2)C1. The molecule has 1 aliphatic rings. The number of nitrogens with zero attached hydrogens (tertiary/aromatic N) is 1. The van der Waals surface area contributed by atoms with Crippen LogP contribution < -0.4 is 5.32 Å². The first-order chi connectivity index (χ1) is 12.4. The van der Waals surface area contributed by atoms with Crippen LogP contribution in [-0.4, -0.2) is 31.7 Å². The van der Waals surface area contributed by atoms with Crippen molar-refractivity contribution >= 4 is 39.0 Å². The van der Waals surface area contributed by atoms with Crippen molar-refractivity contribution in [2.24, 2.45) is 5.92 Å². The number of hydrogen-bond donors (Lipinski definition) is 1. The summed E-state index contributed by atoms with van der Waals surface area (Å²) in [5, 5.41) is 4.68. The van der Waals surface area contributed by atoms with Gasteiger partial charge in [0.15, 0.2) is 0 Å². The van der Waals surface area contributed by atoms with Gasteiger partial charge in [-0.05, 0) is 60.5 Å². The minimum absolute atomic E-state index is 0.251. The molecule has 0 aliphatic carbocycles. The molecule has 1 N–H and O–H groups in total. The number of carbonyl (C=O) groups is 1. The number of nitrogens with one attached hydrogen (secondary N) is 1. The molecule has 1 saturated heterocycles. The Kier molecular flexibility index (Phi) is 5.90. The van der Waals surface area contributed by atoms with Crippen molar-refractivity contribution in [3.8, 4) is 0 Å². The molecule has 2 aromatic rings. The van der Waals surface area contributed by atoms with Crippen molar-refractivity contribution in [3.05, 3.63) is 52.7 Å². The topological polar surface area (TPSA) is 66.5 Å². The molecule has 138 valence electrons. The van der Waals surface area contributed by atoms with Crippen LogP contribution >= 0.6 is 11.3 Å². The third kappa shape index (κ3) is 4.60. The van der Waals surface area contributed by atoms with Crippen LogP contribution in [0.2, 0.25) is 0 Å². The van der Waals surface area contributed by atoms with E-state index in [1.165, 1.54) is 6.08 Å². The van der Waals surface area contributed by atoms with E-state index in [0.29, 0.717) is 24.7 Å². The minimum Gasteiger partial charge on any atom is -0.323 e. The summed E-state index contributed by atoms with van der Waals surface area (Å²) in [6.45, 7) is 3.21. The first kappa shape index (κ1) is 18.8. The van der Waals surface area contributed by atoms with Crippen molar-refractivity contribution in [1.29, 1.82) is 0 Å². The average molecular weight is 391 g/mol. The molecule has 1 atom stereocenters. The van der Waals surface area contributed by atoms with E-state index in [0.717, 1.165) is 17.7 Å². The lowest BCUT2D eigenvalue weighted by atomic mass is 10.0. The number of piperidine rings is 1. The summed E-state index contributed by atoms with van der Waals surface area (Å²) in [6.07, 6.45) is 5.17. The number of thiophene rings is 1. The van der Waals surface area contributed by atoms with Crippen molar-refractivity contribution in [2.75, 3.05) is 18.4 Å². The number of hydrogen-bond acceptors (Lipinski definition) is 4. The second-order valence-electron chi connectivity index (χ2n) is 6.47. The second-order valence-corrected chi connectivity index (χ2v) is 9.39. The molecule has 1 aromatic carbocycles.